The Hall–Kier alpha value is -2.84. The lowest BCUT2D eigenvalue weighted by molar-refractivity contribution is 0.102. The molecule has 0 aliphatic carbocycles. The standard InChI is InChI=1S/C21H21FN4O2S/c1-29-21-23-7-8-26(21)17-4-2-3-15(13-17)20(27)24-16-5-6-19(18(22)14-16)25-9-11-28-12-10-25/h2-8,13-14H,9-12H2,1H3,(H,24,27). The molecular weight excluding hydrogens is 391 g/mol. The number of benzene rings is 2. The predicted octanol–water partition coefficient (Wildman–Crippen LogP) is 3.82. The lowest BCUT2D eigenvalue weighted by atomic mass is 10.1. The number of rotatable bonds is 5. The van der Waals surface area contributed by atoms with Crippen LogP contribution in [0, 0.1) is 5.82 Å². The van der Waals surface area contributed by atoms with Gasteiger partial charge in [0.1, 0.15) is 5.82 Å². The zero-order valence-electron chi connectivity index (χ0n) is 16.0. The van der Waals surface area contributed by atoms with Gasteiger partial charge in [0.05, 0.1) is 18.9 Å². The molecular formula is C21H21FN4O2S. The van der Waals surface area contributed by atoms with Crippen molar-refractivity contribution >= 4 is 29.0 Å². The first-order valence-electron chi connectivity index (χ1n) is 9.27. The number of anilines is 2. The minimum Gasteiger partial charge on any atom is -0.378 e. The molecule has 1 aliphatic heterocycles. The fourth-order valence-corrected chi connectivity index (χ4v) is 3.81. The van der Waals surface area contributed by atoms with E-state index in [2.05, 4.69) is 10.3 Å². The first kappa shape index (κ1) is 19.5. The van der Waals surface area contributed by atoms with Gasteiger partial charge >= 0.3 is 0 Å². The Morgan fingerprint density at radius 2 is 2.03 bits per heavy atom. The molecule has 0 atom stereocenters. The molecule has 1 saturated heterocycles. The van der Waals surface area contributed by atoms with E-state index in [1.165, 1.54) is 17.8 Å². The van der Waals surface area contributed by atoms with Gasteiger partial charge in [-0.1, -0.05) is 17.8 Å². The summed E-state index contributed by atoms with van der Waals surface area (Å²) in [6, 6.07) is 12.0. The zero-order chi connectivity index (χ0) is 20.2. The van der Waals surface area contributed by atoms with Gasteiger partial charge < -0.3 is 15.0 Å². The maximum Gasteiger partial charge on any atom is 0.255 e. The topological polar surface area (TPSA) is 59.4 Å². The van der Waals surface area contributed by atoms with Gasteiger partial charge in [-0.05, 0) is 42.7 Å². The SMILES string of the molecule is CSc1nccn1-c1cccc(C(=O)Nc2ccc(N3CCOCC3)c(F)c2)c1. The smallest absolute Gasteiger partial charge is 0.255 e. The van der Waals surface area contributed by atoms with Gasteiger partial charge in [-0.25, -0.2) is 9.37 Å². The number of amides is 1. The number of halogens is 1. The fraction of sp³-hybridized carbons (Fsp3) is 0.238. The summed E-state index contributed by atoms with van der Waals surface area (Å²) in [6.45, 7) is 2.48. The number of ether oxygens (including phenoxy) is 1. The van der Waals surface area contributed by atoms with Crippen molar-refractivity contribution in [1.29, 1.82) is 0 Å². The van der Waals surface area contributed by atoms with E-state index in [0.29, 0.717) is 43.2 Å². The van der Waals surface area contributed by atoms with Gasteiger partial charge in [0.15, 0.2) is 5.16 Å². The molecule has 0 spiro atoms. The molecule has 6 nitrogen and oxygen atoms in total. The first-order chi connectivity index (χ1) is 14.2. The number of morpholine rings is 1. The third-order valence-electron chi connectivity index (χ3n) is 4.73. The van der Waals surface area contributed by atoms with Crippen LogP contribution in [0.15, 0.2) is 60.0 Å². The second-order valence-corrected chi connectivity index (χ2v) is 7.33. The van der Waals surface area contributed by atoms with E-state index in [4.69, 9.17) is 4.74 Å². The average molecular weight is 412 g/mol. The van der Waals surface area contributed by atoms with Crippen molar-refractivity contribution in [2.75, 3.05) is 42.8 Å². The van der Waals surface area contributed by atoms with Crippen LogP contribution in [0.3, 0.4) is 0 Å². The fourth-order valence-electron chi connectivity index (χ4n) is 3.28. The van der Waals surface area contributed by atoms with Crippen LogP contribution in [0.25, 0.3) is 5.69 Å². The van der Waals surface area contributed by atoms with Crippen molar-refractivity contribution in [2.45, 2.75) is 5.16 Å². The third-order valence-corrected chi connectivity index (χ3v) is 5.40. The second kappa shape index (κ2) is 8.67. The summed E-state index contributed by atoms with van der Waals surface area (Å²) in [4.78, 5) is 18.9. The molecule has 1 aromatic heterocycles. The van der Waals surface area contributed by atoms with Crippen LogP contribution >= 0.6 is 11.8 Å². The minimum atomic E-state index is -0.360. The van der Waals surface area contributed by atoms with Crippen molar-refractivity contribution in [3.63, 3.8) is 0 Å². The monoisotopic (exact) mass is 412 g/mol. The van der Waals surface area contributed by atoms with E-state index >= 15 is 0 Å². The highest BCUT2D eigenvalue weighted by Crippen LogP contribution is 2.24. The Kier molecular flexibility index (Phi) is 5.82. The van der Waals surface area contributed by atoms with Gasteiger partial charge in [-0.3, -0.25) is 9.36 Å². The summed E-state index contributed by atoms with van der Waals surface area (Å²) in [7, 11) is 0. The largest absolute Gasteiger partial charge is 0.378 e. The number of thioether (sulfide) groups is 1. The third kappa shape index (κ3) is 4.28. The van der Waals surface area contributed by atoms with Gasteiger partial charge in [-0.2, -0.15) is 0 Å². The number of nitrogens with one attached hydrogen (secondary N) is 1. The van der Waals surface area contributed by atoms with Gasteiger partial charge in [0.25, 0.3) is 5.91 Å². The van der Waals surface area contributed by atoms with E-state index < -0.39 is 0 Å². The molecule has 0 saturated carbocycles. The molecule has 0 radical (unpaired) electrons. The molecule has 1 amide bonds. The average Bonchev–Trinajstić information content (AvgIpc) is 3.23. The number of hydrogen-bond donors (Lipinski definition) is 1. The molecule has 1 aliphatic rings. The Morgan fingerprint density at radius 1 is 1.21 bits per heavy atom. The van der Waals surface area contributed by atoms with Gasteiger partial charge in [-0.15, -0.1) is 0 Å². The Morgan fingerprint density at radius 3 is 2.79 bits per heavy atom. The highest BCUT2D eigenvalue weighted by Gasteiger charge is 2.16. The summed E-state index contributed by atoms with van der Waals surface area (Å²) < 4.78 is 21.8. The minimum absolute atomic E-state index is 0.295. The molecule has 150 valence electrons. The molecule has 4 rings (SSSR count). The summed E-state index contributed by atoms with van der Waals surface area (Å²) in [6.07, 6.45) is 5.52. The summed E-state index contributed by atoms with van der Waals surface area (Å²) >= 11 is 1.53. The molecule has 1 N–H and O–H groups in total. The molecule has 29 heavy (non-hydrogen) atoms. The van der Waals surface area contributed by atoms with E-state index in [1.54, 1.807) is 30.5 Å². The number of carbonyl (C=O) groups excluding carboxylic acids is 1. The molecule has 8 heteroatoms. The van der Waals surface area contributed by atoms with Crippen LogP contribution in [0.5, 0.6) is 0 Å². The van der Waals surface area contributed by atoms with Gasteiger partial charge in [0, 0.05) is 42.4 Å². The highest BCUT2D eigenvalue weighted by atomic mass is 32.2. The van der Waals surface area contributed by atoms with E-state index in [0.717, 1.165) is 10.8 Å². The second-order valence-electron chi connectivity index (χ2n) is 6.55. The number of imidazole rings is 1. The Balaban J connectivity index is 1.51. The van der Waals surface area contributed by atoms with E-state index in [9.17, 15) is 9.18 Å². The lowest BCUT2D eigenvalue weighted by Crippen LogP contribution is -2.36. The highest BCUT2D eigenvalue weighted by molar-refractivity contribution is 7.98. The number of nitrogens with zero attached hydrogens (tertiary/aromatic N) is 3. The summed E-state index contributed by atoms with van der Waals surface area (Å²) in [5, 5.41) is 3.61. The summed E-state index contributed by atoms with van der Waals surface area (Å²) in [5.41, 5.74) is 2.27. The predicted molar refractivity (Wildman–Crippen MR) is 113 cm³/mol. The van der Waals surface area contributed by atoms with Crippen LogP contribution in [-0.4, -0.2) is 48.0 Å². The van der Waals surface area contributed by atoms with Crippen LogP contribution in [0.2, 0.25) is 0 Å². The zero-order valence-corrected chi connectivity index (χ0v) is 16.8. The molecule has 0 bridgehead atoms. The molecule has 3 aromatic rings. The van der Waals surface area contributed by atoms with Crippen LogP contribution in [0.1, 0.15) is 10.4 Å². The van der Waals surface area contributed by atoms with Crippen LogP contribution in [-0.2, 0) is 4.74 Å². The number of hydrogen-bond acceptors (Lipinski definition) is 5. The lowest BCUT2D eigenvalue weighted by Gasteiger charge is -2.29. The molecule has 1 fully saturated rings. The number of aromatic nitrogens is 2. The Bertz CT molecular complexity index is 1020. The van der Waals surface area contributed by atoms with Crippen LogP contribution < -0.4 is 10.2 Å². The van der Waals surface area contributed by atoms with E-state index in [-0.39, 0.29) is 11.7 Å². The van der Waals surface area contributed by atoms with E-state index in [1.807, 2.05) is 34.1 Å². The summed E-state index contributed by atoms with van der Waals surface area (Å²) in [5.74, 6) is -0.655. The van der Waals surface area contributed by atoms with Crippen molar-refractivity contribution in [3.8, 4) is 5.69 Å². The molecule has 2 aromatic carbocycles. The Labute approximate surface area is 172 Å². The molecule has 2 heterocycles. The maximum atomic E-state index is 14.6. The number of carbonyl (C=O) groups is 1. The first-order valence-corrected chi connectivity index (χ1v) is 10.5. The van der Waals surface area contributed by atoms with Crippen molar-refractivity contribution in [2.24, 2.45) is 0 Å². The van der Waals surface area contributed by atoms with Crippen LogP contribution in [0.4, 0.5) is 15.8 Å². The van der Waals surface area contributed by atoms with Gasteiger partial charge in [0.2, 0.25) is 0 Å². The normalized spacial score (nSPS) is 14.1. The quantitative estimate of drug-likeness (QED) is 0.646. The van der Waals surface area contributed by atoms with Crippen molar-refractivity contribution in [3.05, 3.63) is 66.2 Å². The maximum absolute atomic E-state index is 14.6. The molecule has 0 unspecified atom stereocenters. The van der Waals surface area contributed by atoms with Crippen molar-refractivity contribution in [1.82, 2.24) is 9.55 Å². The van der Waals surface area contributed by atoms with Crippen molar-refractivity contribution < 1.29 is 13.9 Å².